The maximum Gasteiger partial charge on any atom is 0.229 e. The SMILES string of the molecule is Cc1ccc(NC(=O)[C@H]2CC(=O)N(c3cccc(Cl)c3Cl)C2)cc1. The van der Waals surface area contributed by atoms with Crippen molar-refractivity contribution in [2.75, 3.05) is 16.8 Å². The zero-order chi connectivity index (χ0) is 17.3. The first kappa shape index (κ1) is 16.8. The van der Waals surface area contributed by atoms with Crippen LogP contribution in [0.5, 0.6) is 0 Å². The molecule has 0 aromatic heterocycles. The predicted molar refractivity (Wildman–Crippen MR) is 96.7 cm³/mol. The highest BCUT2D eigenvalue weighted by atomic mass is 35.5. The molecule has 4 nitrogen and oxygen atoms in total. The van der Waals surface area contributed by atoms with Gasteiger partial charge < -0.3 is 10.2 Å². The molecule has 124 valence electrons. The number of benzene rings is 2. The van der Waals surface area contributed by atoms with Crippen LogP contribution in [0.25, 0.3) is 0 Å². The first-order valence-corrected chi connectivity index (χ1v) is 8.33. The van der Waals surface area contributed by atoms with Gasteiger partial charge in [-0.05, 0) is 31.2 Å². The summed E-state index contributed by atoms with van der Waals surface area (Å²) in [6, 6.07) is 12.7. The minimum atomic E-state index is -0.422. The van der Waals surface area contributed by atoms with E-state index < -0.39 is 5.92 Å². The van der Waals surface area contributed by atoms with E-state index in [4.69, 9.17) is 23.2 Å². The second-order valence-electron chi connectivity index (χ2n) is 5.83. The summed E-state index contributed by atoms with van der Waals surface area (Å²) in [5, 5.41) is 3.56. The topological polar surface area (TPSA) is 49.4 Å². The fourth-order valence-electron chi connectivity index (χ4n) is 2.70. The van der Waals surface area contributed by atoms with Gasteiger partial charge in [-0.25, -0.2) is 0 Å². The quantitative estimate of drug-likeness (QED) is 0.884. The molecule has 0 aliphatic carbocycles. The lowest BCUT2D eigenvalue weighted by atomic mass is 10.1. The number of amides is 2. The predicted octanol–water partition coefficient (Wildman–Crippen LogP) is 4.29. The molecule has 0 saturated carbocycles. The number of aryl methyl sites for hydroxylation is 1. The maximum absolute atomic E-state index is 12.4. The number of nitrogens with zero attached hydrogens (tertiary/aromatic N) is 1. The van der Waals surface area contributed by atoms with Gasteiger partial charge >= 0.3 is 0 Å². The van der Waals surface area contributed by atoms with E-state index in [1.54, 1.807) is 18.2 Å². The largest absolute Gasteiger partial charge is 0.326 e. The van der Waals surface area contributed by atoms with E-state index in [1.807, 2.05) is 31.2 Å². The molecule has 2 aromatic carbocycles. The van der Waals surface area contributed by atoms with Crippen molar-refractivity contribution in [1.82, 2.24) is 0 Å². The summed E-state index contributed by atoms with van der Waals surface area (Å²) in [5.74, 6) is -0.732. The molecule has 1 N–H and O–H groups in total. The molecule has 0 spiro atoms. The first-order valence-electron chi connectivity index (χ1n) is 7.57. The number of nitrogens with one attached hydrogen (secondary N) is 1. The van der Waals surface area contributed by atoms with Crippen molar-refractivity contribution in [3.05, 3.63) is 58.1 Å². The summed E-state index contributed by atoms with van der Waals surface area (Å²) >= 11 is 12.2. The third kappa shape index (κ3) is 3.40. The second kappa shape index (κ2) is 6.83. The van der Waals surface area contributed by atoms with Crippen LogP contribution >= 0.6 is 23.2 Å². The van der Waals surface area contributed by atoms with Gasteiger partial charge in [-0.3, -0.25) is 9.59 Å². The normalized spacial score (nSPS) is 17.2. The minimum Gasteiger partial charge on any atom is -0.326 e. The highest BCUT2D eigenvalue weighted by molar-refractivity contribution is 6.44. The number of anilines is 2. The van der Waals surface area contributed by atoms with Gasteiger partial charge in [-0.1, -0.05) is 47.0 Å². The molecule has 0 radical (unpaired) electrons. The Bertz CT molecular complexity index is 790. The minimum absolute atomic E-state index is 0.136. The lowest BCUT2D eigenvalue weighted by Crippen LogP contribution is -2.28. The molecule has 2 amide bonds. The molecule has 1 heterocycles. The zero-order valence-corrected chi connectivity index (χ0v) is 14.6. The Kier molecular flexibility index (Phi) is 4.78. The van der Waals surface area contributed by atoms with E-state index in [2.05, 4.69) is 5.32 Å². The van der Waals surface area contributed by atoms with Gasteiger partial charge in [0, 0.05) is 18.7 Å². The highest BCUT2D eigenvalue weighted by Crippen LogP contribution is 2.35. The van der Waals surface area contributed by atoms with Crippen molar-refractivity contribution in [1.29, 1.82) is 0 Å². The summed E-state index contributed by atoms with van der Waals surface area (Å²) in [4.78, 5) is 26.2. The van der Waals surface area contributed by atoms with Crippen molar-refractivity contribution in [2.45, 2.75) is 13.3 Å². The van der Waals surface area contributed by atoms with Crippen molar-refractivity contribution < 1.29 is 9.59 Å². The number of carbonyl (C=O) groups is 2. The van der Waals surface area contributed by atoms with Gasteiger partial charge in [0.15, 0.2) is 0 Å². The summed E-state index contributed by atoms with van der Waals surface area (Å²) in [5.41, 5.74) is 2.38. The van der Waals surface area contributed by atoms with Crippen LogP contribution in [0.1, 0.15) is 12.0 Å². The van der Waals surface area contributed by atoms with Gasteiger partial charge in [0.2, 0.25) is 11.8 Å². The average molecular weight is 363 g/mol. The van der Waals surface area contributed by atoms with Crippen molar-refractivity contribution >= 4 is 46.4 Å². The number of halogens is 2. The van der Waals surface area contributed by atoms with Gasteiger partial charge in [0.1, 0.15) is 0 Å². The van der Waals surface area contributed by atoms with Crippen LogP contribution in [0.2, 0.25) is 10.0 Å². The molecule has 1 aliphatic heterocycles. The Balaban J connectivity index is 1.73. The average Bonchev–Trinajstić information content (AvgIpc) is 2.94. The molecular formula is C18H16Cl2N2O2. The molecule has 1 fully saturated rings. The van der Waals surface area contributed by atoms with Gasteiger partial charge in [0.05, 0.1) is 21.7 Å². The summed E-state index contributed by atoms with van der Waals surface area (Å²) in [6.07, 6.45) is 0.153. The Hall–Kier alpha value is -2.04. The van der Waals surface area contributed by atoms with E-state index in [0.717, 1.165) is 11.3 Å². The van der Waals surface area contributed by atoms with Crippen LogP contribution in [0.4, 0.5) is 11.4 Å². The zero-order valence-electron chi connectivity index (χ0n) is 13.1. The van der Waals surface area contributed by atoms with Crippen LogP contribution in [-0.2, 0) is 9.59 Å². The van der Waals surface area contributed by atoms with E-state index >= 15 is 0 Å². The second-order valence-corrected chi connectivity index (χ2v) is 6.62. The molecule has 6 heteroatoms. The summed E-state index contributed by atoms with van der Waals surface area (Å²) in [6.45, 7) is 2.27. The van der Waals surface area contributed by atoms with Crippen molar-refractivity contribution in [3.8, 4) is 0 Å². The lowest BCUT2D eigenvalue weighted by Gasteiger charge is -2.18. The van der Waals surface area contributed by atoms with Crippen LogP contribution in [0.15, 0.2) is 42.5 Å². The lowest BCUT2D eigenvalue weighted by molar-refractivity contribution is -0.122. The van der Waals surface area contributed by atoms with Gasteiger partial charge in [-0.15, -0.1) is 0 Å². The molecule has 3 rings (SSSR count). The smallest absolute Gasteiger partial charge is 0.229 e. The van der Waals surface area contributed by atoms with Crippen LogP contribution in [-0.4, -0.2) is 18.4 Å². The molecule has 1 atom stereocenters. The highest BCUT2D eigenvalue weighted by Gasteiger charge is 2.36. The van der Waals surface area contributed by atoms with Crippen molar-refractivity contribution in [3.63, 3.8) is 0 Å². The van der Waals surface area contributed by atoms with Crippen LogP contribution in [0, 0.1) is 12.8 Å². The van der Waals surface area contributed by atoms with E-state index in [1.165, 1.54) is 4.90 Å². The maximum atomic E-state index is 12.4. The molecule has 0 unspecified atom stereocenters. The Morgan fingerprint density at radius 2 is 1.88 bits per heavy atom. The third-order valence-corrected chi connectivity index (χ3v) is 4.85. The molecule has 2 aromatic rings. The fourth-order valence-corrected chi connectivity index (χ4v) is 3.10. The van der Waals surface area contributed by atoms with Crippen LogP contribution in [0.3, 0.4) is 0 Å². The van der Waals surface area contributed by atoms with Gasteiger partial charge in [0.25, 0.3) is 0 Å². The molecular weight excluding hydrogens is 347 g/mol. The standard InChI is InChI=1S/C18H16Cl2N2O2/c1-11-5-7-13(8-6-11)21-18(24)12-9-16(23)22(10-12)15-4-2-3-14(19)17(15)20/h2-8,12H,9-10H2,1H3,(H,21,24)/t12-/m0/s1. The van der Waals surface area contributed by atoms with Crippen molar-refractivity contribution in [2.24, 2.45) is 5.92 Å². The number of hydrogen-bond donors (Lipinski definition) is 1. The molecule has 0 bridgehead atoms. The van der Waals surface area contributed by atoms with E-state index in [9.17, 15) is 9.59 Å². The van der Waals surface area contributed by atoms with E-state index in [-0.39, 0.29) is 24.8 Å². The Labute approximate surface area is 150 Å². The summed E-state index contributed by atoms with van der Waals surface area (Å²) < 4.78 is 0. The number of carbonyl (C=O) groups excluding carboxylic acids is 2. The van der Waals surface area contributed by atoms with Crippen LogP contribution < -0.4 is 10.2 Å². The number of rotatable bonds is 3. The monoisotopic (exact) mass is 362 g/mol. The van der Waals surface area contributed by atoms with E-state index in [0.29, 0.717) is 15.7 Å². The molecule has 1 aliphatic rings. The fraction of sp³-hybridized carbons (Fsp3) is 0.222. The third-order valence-electron chi connectivity index (χ3n) is 4.04. The first-order chi connectivity index (χ1) is 11.5. The Morgan fingerprint density at radius 1 is 1.17 bits per heavy atom. The van der Waals surface area contributed by atoms with Gasteiger partial charge in [-0.2, -0.15) is 0 Å². The Morgan fingerprint density at radius 3 is 2.58 bits per heavy atom. The number of hydrogen-bond acceptors (Lipinski definition) is 2. The summed E-state index contributed by atoms with van der Waals surface area (Å²) in [7, 11) is 0. The molecule has 1 saturated heterocycles. The molecule has 24 heavy (non-hydrogen) atoms.